The van der Waals surface area contributed by atoms with Crippen LogP contribution in [0.3, 0.4) is 0 Å². The van der Waals surface area contributed by atoms with Gasteiger partial charge < -0.3 is 20.3 Å². The summed E-state index contributed by atoms with van der Waals surface area (Å²) in [6.45, 7) is 5.00. The molecule has 0 radical (unpaired) electrons. The molecule has 0 heterocycles. The van der Waals surface area contributed by atoms with E-state index in [1.54, 1.807) is 0 Å². The highest BCUT2D eigenvalue weighted by Crippen LogP contribution is 2.20. The maximum absolute atomic E-state index is 12.6. The van der Waals surface area contributed by atoms with E-state index in [4.69, 9.17) is 4.74 Å². The number of ether oxygens (including phenoxy) is 1. The lowest BCUT2D eigenvalue weighted by molar-refractivity contribution is -0.143. The van der Waals surface area contributed by atoms with Crippen molar-refractivity contribution < 1.29 is 24.5 Å². The lowest BCUT2D eigenvalue weighted by atomic mass is 10.0. The van der Waals surface area contributed by atoms with Crippen molar-refractivity contribution in [1.82, 2.24) is 5.32 Å². The quantitative estimate of drug-likeness (QED) is 0.0320. The van der Waals surface area contributed by atoms with Gasteiger partial charge >= 0.3 is 5.97 Å². The van der Waals surface area contributed by atoms with Crippen molar-refractivity contribution >= 4 is 11.9 Å². The molecule has 0 aromatic rings. The van der Waals surface area contributed by atoms with Gasteiger partial charge in [-0.1, -0.05) is 404 Å². The summed E-state index contributed by atoms with van der Waals surface area (Å²) in [7, 11) is 0. The minimum atomic E-state index is -0.663. The monoisotopic (exact) mass is 1250 g/mol. The van der Waals surface area contributed by atoms with E-state index in [0.717, 1.165) is 44.9 Å². The molecule has 0 rings (SSSR count). The molecule has 0 aliphatic heterocycles. The third kappa shape index (κ3) is 75.3. The summed E-state index contributed by atoms with van der Waals surface area (Å²) < 4.78 is 5.51. The number of unbranched alkanes of at least 4 members (excludes halogenated alkanes) is 63. The van der Waals surface area contributed by atoms with E-state index in [0.29, 0.717) is 25.9 Å². The van der Waals surface area contributed by atoms with E-state index >= 15 is 0 Å². The second-order valence-corrected chi connectivity index (χ2v) is 28.5. The predicted molar refractivity (Wildman–Crippen MR) is 393 cm³/mol. The number of esters is 1. The first-order valence-electron chi connectivity index (χ1n) is 41.1. The fourth-order valence-corrected chi connectivity index (χ4v) is 13.2. The lowest BCUT2D eigenvalue weighted by Crippen LogP contribution is -2.45. The van der Waals surface area contributed by atoms with Crippen LogP contribution in [-0.2, 0) is 14.3 Å². The summed E-state index contributed by atoms with van der Waals surface area (Å²) in [6, 6.07) is -0.540. The van der Waals surface area contributed by atoms with Crippen LogP contribution < -0.4 is 5.32 Å². The van der Waals surface area contributed by atoms with Crippen molar-refractivity contribution in [2.75, 3.05) is 13.2 Å². The molecule has 89 heavy (non-hydrogen) atoms. The number of nitrogens with one attached hydrogen (secondary N) is 1. The highest BCUT2D eigenvalue weighted by Gasteiger charge is 2.20. The largest absolute Gasteiger partial charge is 0.466 e. The van der Waals surface area contributed by atoms with Crippen molar-refractivity contribution in [2.24, 2.45) is 0 Å². The van der Waals surface area contributed by atoms with Gasteiger partial charge in [-0.25, -0.2) is 0 Å². The fourth-order valence-electron chi connectivity index (χ4n) is 13.2. The van der Waals surface area contributed by atoms with E-state index < -0.39 is 12.1 Å². The zero-order valence-corrected chi connectivity index (χ0v) is 60.7. The van der Waals surface area contributed by atoms with E-state index in [-0.39, 0.29) is 18.5 Å². The summed E-state index contributed by atoms with van der Waals surface area (Å²) >= 11 is 0. The van der Waals surface area contributed by atoms with Crippen LogP contribution in [0.25, 0.3) is 0 Å². The number of aliphatic hydroxyl groups is 2. The van der Waals surface area contributed by atoms with Gasteiger partial charge in [0.15, 0.2) is 0 Å². The fraction of sp³-hybridized carbons (Fsp3) is 0.928. The van der Waals surface area contributed by atoms with E-state index in [9.17, 15) is 19.8 Å². The van der Waals surface area contributed by atoms with E-state index in [1.165, 1.54) is 392 Å². The number of hydrogen-bond acceptors (Lipinski definition) is 5. The minimum Gasteiger partial charge on any atom is -0.466 e. The van der Waals surface area contributed by atoms with Crippen LogP contribution in [-0.4, -0.2) is 47.4 Å². The van der Waals surface area contributed by atoms with Gasteiger partial charge in [-0.15, -0.1) is 0 Å². The van der Waals surface area contributed by atoms with Gasteiger partial charge in [-0.2, -0.15) is 0 Å². The second-order valence-electron chi connectivity index (χ2n) is 28.5. The zero-order chi connectivity index (χ0) is 64.2. The molecule has 6 nitrogen and oxygen atoms in total. The summed E-state index contributed by atoms with van der Waals surface area (Å²) in [6.07, 6.45) is 101. The van der Waals surface area contributed by atoms with Gasteiger partial charge in [-0.3, -0.25) is 9.59 Å². The standard InChI is InChI=1S/C83H161NO5/c1-3-5-7-9-11-13-15-17-19-21-22-23-37-40-44-47-51-55-59-63-67-71-75-81(86)80(79-85)84-82(87)76-72-68-64-60-56-52-48-45-41-38-35-33-31-29-27-25-24-26-28-30-32-34-36-39-42-46-50-54-58-62-66-70-74-78-89-83(88)77-73-69-65-61-57-53-49-43-20-18-16-14-12-10-8-6-4-2/h18,20,28,30,80-81,85-86H,3-17,19,21-27,29,31-79H2,1-2H3,(H,84,87)/b20-18-,30-28-. The van der Waals surface area contributed by atoms with Gasteiger partial charge in [-0.05, 0) is 77.0 Å². The van der Waals surface area contributed by atoms with Gasteiger partial charge in [0.05, 0.1) is 25.4 Å². The van der Waals surface area contributed by atoms with Crippen LogP contribution >= 0.6 is 0 Å². The summed E-state index contributed by atoms with van der Waals surface area (Å²) in [5, 5.41) is 23.5. The molecule has 6 heteroatoms. The Morgan fingerprint density at radius 2 is 0.528 bits per heavy atom. The number of carbonyl (C=O) groups excluding carboxylic acids is 2. The molecule has 1 amide bonds. The third-order valence-corrected chi connectivity index (χ3v) is 19.5. The molecule has 0 fully saturated rings. The molecule has 0 aromatic carbocycles. The lowest BCUT2D eigenvalue weighted by Gasteiger charge is -2.22. The number of hydrogen-bond donors (Lipinski definition) is 3. The molecule has 0 saturated carbocycles. The SMILES string of the molecule is CCCCCCCC/C=C\CCCCCCCCCC(=O)OCCCCCCCCCCCCCC/C=C\CCCCCCCCCCCCCCCCCCCC(=O)NC(CO)C(O)CCCCCCCCCCCCCCCCCCCCCCCC. The Bertz CT molecular complexity index is 1400. The van der Waals surface area contributed by atoms with Crippen LogP contribution in [0.4, 0.5) is 0 Å². The van der Waals surface area contributed by atoms with Crippen molar-refractivity contribution in [3.05, 3.63) is 24.3 Å². The van der Waals surface area contributed by atoms with Crippen LogP contribution in [0.15, 0.2) is 24.3 Å². The second kappa shape index (κ2) is 78.8. The number of allylic oxidation sites excluding steroid dienone is 4. The first-order valence-corrected chi connectivity index (χ1v) is 41.1. The maximum Gasteiger partial charge on any atom is 0.305 e. The molecule has 0 bridgehead atoms. The Hall–Kier alpha value is -1.66. The maximum atomic E-state index is 12.6. The summed E-state index contributed by atoms with van der Waals surface area (Å²) in [5.74, 6) is -0.00971. The molecular weight excluding hydrogens is 1090 g/mol. The predicted octanol–water partition coefficient (Wildman–Crippen LogP) is 27.2. The highest BCUT2D eigenvalue weighted by molar-refractivity contribution is 5.76. The summed E-state index contributed by atoms with van der Waals surface area (Å²) in [4.78, 5) is 24.7. The van der Waals surface area contributed by atoms with Crippen LogP contribution in [0.5, 0.6) is 0 Å². The van der Waals surface area contributed by atoms with Gasteiger partial charge in [0.1, 0.15) is 0 Å². The van der Waals surface area contributed by atoms with Crippen LogP contribution in [0.2, 0.25) is 0 Å². The zero-order valence-electron chi connectivity index (χ0n) is 60.7. The van der Waals surface area contributed by atoms with Crippen molar-refractivity contribution in [1.29, 1.82) is 0 Å². The first-order chi connectivity index (χ1) is 44.0. The molecule has 0 saturated heterocycles. The van der Waals surface area contributed by atoms with Crippen molar-refractivity contribution in [2.45, 2.75) is 482 Å². The molecular formula is C83H161NO5. The topological polar surface area (TPSA) is 95.9 Å². The summed E-state index contributed by atoms with van der Waals surface area (Å²) in [5.41, 5.74) is 0. The molecule has 2 atom stereocenters. The molecule has 528 valence electrons. The van der Waals surface area contributed by atoms with Gasteiger partial charge in [0.2, 0.25) is 5.91 Å². The number of carbonyl (C=O) groups is 2. The van der Waals surface area contributed by atoms with Crippen LogP contribution in [0, 0.1) is 0 Å². The van der Waals surface area contributed by atoms with Gasteiger partial charge in [0, 0.05) is 12.8 Å². The van der Waals surface area contributed by atoms with Crippen molar-refractivity contribution in [3.8, 4) is 0 Å². The average molecular weight is 1250 g/mol. The van der Waals surface area contributed by atoms with Crippen molar-refractivity contribution in [3.63, 3.8) is 0 Å². The highest BCUT2D eigenvalue weighted by atomic mass is 16.5. The third-order valence-electron chi connectivity index (χ3n) is 19.5. The Morgan fingerprint density at radius 3 is 0.798 bits per heavy atom. The van der Waals surface area contributed by atoms with Crippen LogP contribution in [0.1, 0.15) is 470 Å². The number of aliphatic hydroxyl groups excluding tert-OH is 2. The molecule has 2 unspecified atom stereocenters. The molecule has 0 aliphatic rings. The van der Waals surface area contributed by atoms with E-state index in [1.807, 2.05) is 0 Å². The van der Waals surface area contributed by atoms with E-state index in [2.05, 4.69) is 43.5 Å². The Balaban J connectivity index is 3.34. The molecule has 3 N–H and O–H groups in total. The Labute approximate surface area is 558 Å². The smallest absolute Gasteiger partial charge is 0.305 e. The van der Waals surface area contributed by atoms with Gasteiger partial charge in [0.25, 0.3) is 0 Å². The average Bonchev–Trinajstić information content (AvgIpc) is 3.59. The Kier molecular flexibility index (Phi) is 77.3. The molecule has 0 aromatic heterocycles. The molecule has 0 aliphatic carbocycles. The number of rotatable bonds is 78. The Morgan fingerprint density at radius 1 is 0.303 bits per heavy atom. The minimum absolute atomic E-state index is 0.0165. The molecule has 0 spiro atoms. The number of amides is 1. The normalized spacial score (nSPS) is 12.5. The first kappa shape index (κ1) is 87.3.